The minimum Gasteiger partial charge on any atom is -0.310 e. The third-order valence-electron chi connectivity index (χ3n) is 28.8. The monoisotopic (exact) mass is 1820 g/mol. The van der Waals surface area contributed by atoms with Crippen LogP contribution in [0.25, 0.3) is 192 Å². The first-order valence-electron chi connectivity index (χ1n) is 48.1. The molecule has 656 valence electrons. The lowest BCUT2D eigenvalue weighted by Gasteiger charge is -2.29. The Bertz CT molecular complexity index is 9890. The summed E-state index contributed by atoms with van der Waals surface area (Å²) in [5.74, 6) is 0. The van der Waals surface area contributed by atoms with E-state index in [4.69, 9.17) is 0 Å². The van der Waals surface area contributed by atoms with Gasteiger partial charge in [-0.2, -0.15) is 0 Å². The zero-order valence-corrected chi connectivity index (χ0v) is 78.6. The number of benzene rings is 26. The summed E-state index contributed by atoms with van der Waals surface area (Å²) in [5.41, 5.74) is 20.7. The molecule has 2 aromatic heterocycles. The Morgan fingerprint density at radius 3 is 0.729 bits per heavy atom. The molecule has 0 saturated heterocycles. The second-order valence-corrected chi connectivity index (χ2v) is 39.2. The number of anilines is 12. The lowest BCUT2D eigenvalue weighted by molar-refractivity contribution is 1.29. The van der Waals surface area contributed by atoms with Crippen LogP contribution in [0.15, 0.2) is 497 Å². The standard InChI is InChI=1S/C72H46N2S.C62H42N2S/c1-3-17-47(18-4-1)59-25-13-15-29-68(59)73(53-37-35-51-33-31-49-21-7-9-23-57(49)65(51)43-53)55-39-41-63-67(45-55)61-27-11-12-28-62(61)71-64-42-40-56(46-70(64)75-72(63)71)74(69-30-16-14-26-60(69)48-19-5-2-6-20-48)54-38-36-52-34-32-50-22-8-10-24-58(50)66(52)44-54;1-39-15-25-45(26-16-39)63(47-29-23-43-21-19-41-9-3-5-11-51(41)57(43)35-47)49-31-33-55-59(37-49)53-13-7-8-14-54(53)61-56-34-32-50(38-60(56)65-62(55)61)64(46-27-17-40(2)18-28-46)48-30-24-44-22-20-42-10-4-6-12-52(42)58(44)36-48/h1-46H;3-38H,1-2H3. The van der Waals surface area contributed by atoms with Crippen molar-refractivity contribution in [2.45, 2.75) is 13.8 Å². The average Bonchev–Trinajstić information content (AvgIpc) is 1.49. The molecule has 26 aromatic carbocycles. The van der Waals surface area contributed by atoms with Crippen molar-refractivity contribution in [3.63, 3.8) is 0 Å². The summed E-state index contributed by atoms with van der Waals surface area (Å²) in [6.07, 6.45) is 0. The van der Waals surface area contributed by atoms with E-state index in [1.54, 1.807) is 0 Å². The Kier molecular flexibility index (Phi) is 19.8. The van der Waals surface area contributed by atoms with E-state index in [0.717, 1.165) is 68.2 Å². The third kappa shape index (κ3) is 14.0. The van der Waals surface area contributed by atoms with Crippen LogP contribution in [-0.2, 0) is 0 Å². The van der Waals surface area contributed by atoms with Crippen molar-refractivity contribution in [3.8, 4) is 22.3 Å². The van der Waals surface area contributed by atoms with Crippen molar-refractivity contribution in [2.24, 2.45) is 0 Å². The third-order valence-corrected chi connectivity index (χ3v) is 31.2. The molecule has 4 nitrogen and oxygen atoms in total. The van der Waals surface area contributed by atoms with Gasteiger partial charge in [-0.25, -0.2) is 0 Å². The Balaban J connectivity index is 0.000000142. The van der Waals surface area contributed by atoms with Crippen LogP contribution < -0.4 is 19.6 Å². The van der Waals surface area contributed by atoms with Gasteiger partial charge in [-0.05, 0) is 277 Å². The number of hydrogen-bond donors (Lipinski definition) is 0. The first-order chi connectivity index (χ1) is 69.2. The average molecular weight is 1820 g/mol. The fourth-order valence-electron chi connectivity index (χ4n) is 22.1. The van der Waals surface area contributed by atoms with Crippen LogP contribution in [0.1, 0.15) is 11.1 Å². The number of rotatable bonds is 14. The molecule has 0 N–H and O–H groups in total. The predicted molar refractivity (Wildman–Crippen MR) is 608 cm³/mol. The van der Waals surface area contributed by atoms with E-state index in [1.165, 1.54) is 203 Å². The molecule has 0 unspecified atom stereocenters. The second kappa shape index (κ2) is 33.8. The molecular formula is C134H88N4S2. The van der Waals surface area contributed by atoms with E-state index in [0.29, 0.717) is 0 Å². The highest BCUT2D eigenvalue weighted by atomic mass is 32.1. The van der Waals surface area contributed by atoms with Gasteiger partial charge >= 0.3 is 0 Å². The van der Waals surface area contributed by atoms with Crippen LogP contribution in [-0.4, -0.2) is 0 Å². The van der Waals surface area contributed by atoms with Crippen molar-refractivity contribution in [1.29, 1.82) is 0 Å². The van der Waals surface area contributed by atoms with E-state index >= 15 is 0 Å². The fraction of sp³-hybridized carbons (Fsp3) is 0.0149. The molecule has 28 aromatic rings. The normalized spacial score (nSPS) is 11.8. The van der Waals surface area contributed by atoms with Gasteiger partial charge in [-0.15, -0.1) is 22.7 Å². The highest BCUT2D eigenvalue weighted by molar-refractivity contribution is 7.27. The van der Waals surface area contributed by atoms with Gasteiger partial charge < -0.3 is 19.6 Å². The van der Waals surface area contributed by atoms with E-state index in [9.17, 15) is 0 Å². The summed E-state index contributed by atoms with van der Waals surface area (Å²) in [6, 6.07) is 184. The summed E-state index contributed by atoms with van der Waals surface area (Å²) < 4.78 is 5.13. The van der Waals surface area contributed by atoms with Crippen LogP contribution in [0.5, 0.6) is 0 Å². The summed E-state index contributed by atoms with van der Waals surface area (Å²) >= 11 is 3.81. The molecular weight excluding hydrogens is 1730 g/mol. The van der Waals surface area contributed by atoms with Gasteiger partial charge in [0.2, 0.25) is 0 Å². The Hall–Kier alpha value is -17.5. The Labute approximate surface area is 818 Å². The zero-order chi connectivity index (χ0) is 92.6. The first-order valence-corrected chi connectivity index (χ1v) is 49.8. The van der Waals surface area contributed by atoms with E-state index in [-0.39, 0.29) is 0 Å². The van der Waals surface area contributed by atoms with Crippen LogP contribution >= 0.6 is 22.7 Å². The molecule has 0 saturated carbocycles. The van der Waals surface area contributed by atoms with Gasteiger partial charge in [0.15, 0.2) is 0 Å². The van der Waals surface area contributed by atoms with Gasteiger partial charge in [0.1, 0.15) is 0 Å². The summed E-state index contributed by atoms with van der Waals surface area (Å²) in [4.78, 5) is 9.78. The first kappa shape index (κ1) is 82.0. The minimum absolute atomic E-state index is 1.11. The molecule has 28 rings (SSSR count). The maximum atomic E-state index is 2.47. The Morgan fingerprint density at radius 2 is 0.386 bits per heavy atom. The van der Waals surface area contributed by atoms with Crippen LogP contribution in [0, 0.1) is 13.8 Å². The predicted octanol–water partition coefficient (Wildman–Crippen LogP) is 39.8. The molecule has 0 bridgehead atoms. The number of para-hydroxylation sites is 2. The molecule has 0 radical (unpaired) electrons. The van der Waals surface area contributed by atoms with Crippen molar-refractivity contribution in [2.75, 3.05) is 19.6 Å². The largest absolute Gasteiger partial charge is 0.310 e. The second-order valence-electron chi connectivity index (χ2n) is 37.1. The van der Waals surface area contributed by atoms with Crippen molar-refractivity contribution < 1.29 is 0 Å². The molecule has 0 fully saturated rings. The van der Waals surface area contributed by atoms with E-state index < -0.39 is 0 Å². The molecule has 0 amide bonds. The van der Waals surface area contributed by atoms with Gasteiger partial charge in [-0.3, -0.25) is 0 Å². The number of thiophene rings is 2. The molecule has 6 heteroatoms. The zero-order valence-electron chi connectivity index (χ0n) is 76.9. The van der Waals surface area contributed by atoms with Crippen LogP contribution in [0.4, 0.5) is 68.2 Å². The molecule has 0 aliphatic rings. The molecule has 140 heavy (non-hydrogen) atoms. The van der Waals surface area contributed by atoms with Crippen molar-refractivity contribution in [1.82, 2.24) is 0 Å². The molecule has 0 atom stereocenters. The topological polar surface area (TPSA) is 13.0 Å². The molecule has 0 spiro atoms. The summed E-state index contributed by atoms with van der Waals surface area (Å²) in [7, 11) is 0. The van der Waals surface area contributed by atoms with Gasteiger partial charge in [0.25, 0.3) is 0 Å². The van der Waals surface area contributed by atoms with E-state index in [2.05, 4.69) is 531 Å². The quantitative estimate of drug-likeness (QED) is 0.101. The molecule has 2 heterocycles. The molecule has 0 aliphatic heterocycles. The maximum absolute atomic E-state index is 2.47. The lowest BCUT2D eigenvalue weighted by atomic mass is 9.95. The molecule has 0 aliphatic carbocycles. The smallest absolute Gasteiger partial charge is 0.0540 e. The number of hydrogen-bond acceptors (Lipinski definition) is 6. The SMILES string of the molecule is Cc1ccc(N(c2ccc3c(c2)sc2c4ccc(N(c5ccc(C)cc5)c5ccc6ccc7ccccc7c6c5)cc4c4ccccc4c32)c2ccc3ccc4ccccc4c3c2)cc1.c1ccc(-c2ccccc2N(c2ccc3c(c2)sc2c4ccc(N(c5ccc6ccc7ccccc7c6c5)c5ccccc5-c5ccccc5)cc4c4ccccc4c32)c2ccc3ccc4ccccc4c3c2)cc1. The fourth-order valence-corrected chi connectivity index (χ4v) is 24.7. The van der Waals surface area contributed by atoms with Gasteiger partial charge in [0.05, 0.1) is 11.4 Å². The van der Waals surface area contributed by atoms with Crippen molar-refractivity contribution >= 4 is 261 Å². The number of fused-ring (bicyclic) bond motifs is 28. The van der Waals surface area contributed by atoms with Gasteiger partial charge in [-0.1, -0.05) is 375 Å². The highest BCUT2D eigenvalue weighted by Gasteiger charge is 2.27. The number of aryl methyl sites for hydroxylation is 2. The van der Waals surface area contributed by atoms with E-state index in [1.807, 2.05) is 22.7 Å². The summed E-state index contributed by atoms with van der Waals surface area (Å²) in [5, 5.41) is 35.2. The Morgan fingerprint density at radius 1 is 0.150 bits per heavy atom. The van der Waals surface area contributed by atoms with Crippen molar-refractivity contribution in [3.05, 3.63) is 509 Å². The summed E-state index contributed by atoms with van der Waals surface area (Å²) in [6.45, 7) is 4.31. The number of nitrogens with zero attached hydrogens (tertiary/aromatic N) is 4. The lowest BCUT2D eigenvalue weighted by Crippen LogP contribution is -2.11. The van der Waals surface area contributed by atoms with Gasteiger partial charge in [0, 0.05) is 119 Å². The minimum atomic E-state index is 1.11. The maximum Gasteiger partial charge on any atom is 0.0540 e. The highest BCUT2D eigenvalue weighted by Crippen LogP contribution is 2.54. The van der Waals surface area contributed by atoms with Crippen LogP contribution in [0.3, 0.4) is 0 Å². The van der Waals surface area contributed by atoms with Crippen LogP contribution in [0.2, 0.25) is 0 Å².